The maximum Gasteiger partial charge on any atom is 0.137 e. The number of aromatic nitrogens is 1. The first-order valence-corrected chi connectivity index (χ1v) is 20.8. The van der Waals surface area contributed by atoms with E-state index < -0.39 is 0 Å². The Hall–Kier alpha value is -8.14. The first kappa shape index (κ1) is 34.9. The van der Waals surface area contributed by atoms with Gasteiger partial charge in [0.1, 0.15) is 11.2 Å². The molecule has 2 aromatic heterocycles. The van der Waals surface area contributed by atoms with Gasteiger partial charge in [0.25, 0.3) is 0 Å². The van der Waals surface area contributed by atoms with Crippen molar-refractivity contribution >= 4 is 71.6 Å². The zero-order chi connectivity index (χ0) is 40.3. The topological polar surface area (TPSA) is 21.3 Å². The summed E-state index contributed by atoms with van der Waals surface area (Å²) in [5.74, 6) is 0. The number of rotatable bonds is 7. The maximum atomic E-state index is 6.53. The van der Waals surface area contributed by atoms with Gasteiger partial charge >= 0.3 is 0 Å². The fraction of sp³-hybridized carbons (Fsp3) is 0. The van der Waals surface area contributed by atoms with E-state index in [1.54, 1.807) is 0 Å². The van der Waals surface area contributed by atoms with Gasteiger partial charge < -0.3 is 13.9 Å². The van der Waals surface area contributed by atoms with Crippen molar-refractivity contribution in [3.8, 4) is 39.1 Å². The van der Waals surface area contributed by atoms with E-state index in [-0.39, 0.29) is 0 Å². The van der Waals surface area contributed by atoms with Crippen molar-refractivity contribution < 1.29 is 4.42 Å². The molecule has 0 fully saturated rings. The van der Waals surface area contributed by atoms with E-state index in [0.29, 0.717) is 0 Å². The average molecular weight is 779 g/mol. The second kappa shape index (κ2) is 14.3. The molecule has 0 aliphatic carbocycles. The highest BCUT2D eigenvalue weighted by atomic mass is 16.3. The van der Waals surface area contributed by atoms with E-state index in [0.717, 1.165) is 72.3 Å². The Morgan fingerprint density at radius 3 is 1.70 bits per heavy atom. The van der Waals surface area contributed by atoms with Crippen molar-refractivity contribution in [2.24, 2.45) is 0 Å². The van der Waals surface area contributed by atoms with Crippen LogP contribution in [0.1, 0.15) is 0 Å². The van der Waals surface area contributed by atoms with Gasteiger partial charge in [-0.25, -0.2) is 0 Å². The minimum Gasteiger partial charge on any atom is -0.456 e. The molecule has 12 rings (SSSR count). The van der Waals surface area contributed by atoms with Crippen molar-refractivity contribution in [3.63, 3.8) is 0 Å². The van der Waals surface area contributed by atoms with Gasteiger partial charge in [-0.15, -0.1) is 0 Å². The summed E-state index contributed by atoms with van der Waals surface area (Å²) < 4.78 is 8.91. The molecule has 12 aromatic rings. The van der Waals surface area contributed by atoms with Crippen LogP contribution < -0.4 is 4.90 Å². The number of para-hydroxylation sites is 4. The largest absolute Gasteiger partial charge is 0.456 e. The minimum absolute atomic E-state index is 0.857. The van der Waals surface area contributed by atoms with Gasteiger partial charge in [0, 0.05) is 38.7 Å². The number of hydrogen-bond donors (Lipinski definition) is 0. The first-order valence-electron chi connectivity index (χ1n) is 20.8. The Labute approximate surface area is 353 Å². The molecule has 0 amide bonds. The minimum atomic E-state index is 0.857. The third kappa shape index (κ3) is 5.74. The summed E-state index contributed by atoms with van der Waals surface area (Å²) in [7, 11) is 0. The summed E-state index contributed by atoms with van der Waals surface area (Å²) in [5, 5.41) is 7.01. The van der Waals surface area contributed by atoms with Crippen molar-refractivity contribution in [2.45, 2.75) is 0 Å². The van der Waals surface area contributed by atoms with Crippen LogP contribution in [-0.2, 0) is 0 Å². The molecule has 3 nitrogen and oxygen atoms in total. The highest BCUT2D eigenvalue weighted by Gasteiger charge is 2.25. The third-order valence-corrected chi connectivity index (χ3v) is 12.2. The number of fused-ring (bicyclic) bond motifs is 7. The van der Waals surface area contributed by atoms with Gasteiger partial charge in [-0.3, -0.25) is 0 Å². The Balaban J connectivity index is 1.09. The molecule has 0 aliphatic rings. The number of anilines is 3. The summed E-state index contributed by atoms with van der Waals surface area (Å²) in [5.41, 5.74) is 15.5. The first-order chi connectivity index (χ1) is 30.3. The highest BCUT2D eigenvalue weighted by Crippen LogP contribution is 2.50. The molecule has 286 valence electrons. The lowest BCUT2D eigenvalue weighted by atomic mass is 9.93. The molecule has 0 spiro atoms. The molecule has 0 radical (unpaired) electrons. The quantitative estimate of drug-likeness (QED) is 0.161. The van der Waals surface area contributed by atoms with Crippen molar-refractivity contribution in [1.29, 1.82) is 0 Å². The van der Waals surface area contributed by atoms with Gasteiger partial charge in [-0.2, -0.15) is 0 Å². The number of benzene rings is 10. The maximum absolute atomic E-state index is 6.53. The molecule has 3 heteroatoms. The fourth-order valence-corrected chi connectivity index (χ4v) is 9.47. The SMILES string of the molecule is c1ccc(-c2cccc(-c3ccccc3)c2N(c2ccc3cc(-c4cccc5c4c4ccccc4n5-c4ccccc4)ccc3c2)c2cccc3oc4ccccc4c23)cc1. The summed E-state index contributed by atoms with van der Waals surface area (Å²) in [4.78, 5) is 2.46. The highest BCUT2D eigenvalue weighted by molar-refractivity contribution is 6.17. The Morgan fingerprint density at radius 1 is 0.361 bits per heavy atom. The zero-order valence-electron chi connectivity index (χ0n) is 33.2. The van der Waals surface area contributed by atoms with E-state index in [1.165, 1.54) is 38.3 Å². The molecule has 0 unspecified atom stereocenters. The molecule has 61 heavy (non-hydrogen) atoms. The van der Waals surface area contributed by atoms with Crippen LogP contribution in [0, 0.1) is 0 Å². The predicted octanol–water partition coefficient (Wildman–Crippen LogP) is 16.3. The van der Waals surface area contributed by atoms with Crippen LogP contribution in [0.2, 0.25) is 0 Å². The molecule has 0 saturated heterocycles. The van der Waals surface area contributed by atoms with Gasteiger partial charge in [-0.1, -0.05) is 170 Å². The molecule has 0 atom stereocenters. The van der Waals surface area contributed by atoms with Gasteiger partial charge in [0.2, 0.25) is 0 Å². The zero-order valence-corrected chi connectivity index (χ0v) is 33.2. The second-order valence-electron chi connectivity index (χ2n) is 15.7. The number of hydrogen-bond acceptors (Lipinski definition) is 2. The van der Waals surface area contributed by atoms with Crippen LogP contribution in [0.5, 0.6) is 0 Å². The summed E-state index contributed by atoms with van der Waals surface area (Å²) >= 11 is 0. The van der Waals surface area contributed by atoms with Crippen molar-refractivity contribution in [3.05, 3.63) is 231 Å². The molecule has 10 aromatic carbocycles. The van der Waals surface area contributed by atoms with Crippen LogP contribution in [-0.4, -0.2) is 4.57 Å². The molecular formula is C58H38N2O. The van der Waals surface area contributed by atoms with E-state index >= 15 is 0 Å². The Kier molecular flexibility index (Phi) is 8.17. The average Bonchev–Trinajstić information content (AvgIpc) is 3.89. The molecular weight excluding hydrogens is 741 g/mol. The fourth-order valence-electron chi connectivity index (χ4n) is 9.47. The van der Waals surface area contributed by atoms with E-state index in [1.807, 2.05) is 6.07 Å². The summed E-state index contributed by atoms with van der Waals surface area (Å²) in [6.45, 7) is 0. The van der Waals surface area contributed by atoms with Gasteiger partial charge in [0.05, 0.1) is 27.8 Å². The smallest absolute Gasteiger partial charge is 0.137 e. The van der Waals surface area contributed by atoms with Gasteiger partial charge in [-0.05, 0) is 93.7 Å². The lowest BCUT2D eigenvalue weighted by molar-refractivity contribution is 0.669. The third-order valence-electron chi connectivity index (χ3n) is 12.2. The van der Waals surface area contributed by atoms with Crippen LogP contribution in [0.4, 0.5) is 17.1 Å². The number of furan rings is 1. The summed E-state index contributed by atoms with van der Waals surface area (Å²) in [6, 6.07) is 82.9. The van der Waals surface area contributed by atoms with E-state index in [9.17, 15) is 0 Å². The van der Waals surface area contributed by atoms with E-state index in [4.69, 9.17) is 4.42 Å². The predicted molar refractivity (Wildman–Crippen MR) is 257 cm³/mol. The molecule has 0 N–H and O–H groups in total. The standard InChI is InChI=1S/C58H38N2O/c1-4-17-39(18-5-1)47-26-14-27-48(40-19-6-2-7-20-40)58(47)60(53-30-16-32-55-57(53)50-24-11-13-31-54(50)61-55)45-36-35-41-37-43(34-33-42(41)38-45)46-25-15-29-52-56(46)49-23-10-12-28-51(49)59(52)44-21-8-3-9-22-44/h1-38H. The normalized spacial score (nSPS) is 11.6. The Morgan fingerprint density at radius 2 is 0.934 bits per heavy atom. The summed E-state index contributed by atoms with van der Waals surface area (Å²) in [6.07, 6.45) is 0. The monoisotopic (exact) mass is 778 g/mol. The lowest BCUT2D eigenvalue weighted by Gasteiger charge is -2.31. The van der Waals surface area contributed by atoms with Crippen molar-refractivity contribution in [2.75, 3.05) is 4.90 Å². The molecule has 0 bridgehead atoms. The van der Waals surface area contributed by atoms with Crippen LogP contribution >= 0.6 is 0 Å². The van der Waals surface area contributed by atoms with Crippen molar-refractivity contribution in [1.82, 2.24) is 4.57 Å². The molecule has 2 heterocycles. The Bertz CT molecular complexity index is 3530. The van der Waals surface area contributed by atoms with E-state index in [2.05, 4.69) is 234 Å². The van der Waals surface area contributed by atoms with Crippen LogP contribution in [0.15, 0.2) is 235 Å². The molecule has 0 aliphatic heterocycles. The molecule has 0 saturated carbocycles. The number of nitrogens with zero attached hydrogens (tertiary/aromatic N) is 2. The van der Waals surface area contributed by atoms with Crippen LogP contribution in [0.25, 0.3) is 93.6 Å². The van der Waals surface area contributed by atoms with Gasteiger partial charge in [0.15, 0.2) is 0 Å². The second-order valence-corrected chi connectivity index (χ2v) is 15.7. The lowest BCUT2D eigenvalue weighted by Crippen LogP contribution is -2.13. The van der Waals surface area contributed by atoms with Crippen LogP contribution in [0.3, 0.4) is 0 Å².